The summed E-state index contributed by atoms with van der Waals surface area (Å²) in [6.45, 7) is 0. The van der Waals surface area contributed by atoms with E-state index in [1.165, 1.54) is 12.4 Å². The molecule has 1 heterocycles. The first-order valence-corrected chi connectivity index (χ1v) is 5.31. The van der Waals surface area contributed by atoms with Crippen molar-refractivity contribution >= 4 is 40.5 Å². The van der Waals surface area contributed by atoms with E-state index in [1.54, 1.807) is 0 Å². The Hall–Kier alpha value is -1.59. The number of benzene rings is 1. The molecule has 0 unspecified atom stereocenters. The molecule has 1 aromatic heterocycles. The van der Waals surface area contributed by atoms with Crippen LogP contribution in [0.25, 0.3) is 0 Å². The lowest BCUT2D eigenvalue weighted by molar-refractivity contribution is 0.628. The van der Waals surface area contributed by atoms with Gasteiger partial charge in [0.15, 0.2) is 0 Å². The molecule has 0 fully saturated rings. The number of nitrogen functional groups attached to an aromatic ring is 1. The van der Waals surface area contributed by atoms with E-state index in [4.69, 9.17) is 28.9 Å². The number of hydrogen-bond donors (Lipinski definition) is 2. The zero-order valence-electron chi connectivity index (χ0n) is 8.42. The summed E-state index contributed by atoms with van der Waals surface area (Å²) in [5.74, 6) is 0.220. The van der Waals surface area contributed by atoms with Crippen LogP contribution in [-0.2, 0) is 0 Å². The molecule has 0 aliphatic heterocycles. The van der Waals surface area contributed by atoms with Crippen molar-refractivity contribution in [2.45, 2.75) is 0 Å². The molecule has 0 aliphatic rings. The van der Waals surface area contributed by atoms with Gasteiger partial charge in [0.2, 0.25) is 0 Å². The fourth-order valence-corrected chi connectivity index (χ4v) is 1.79. The van der Waals surface area contributed by atoms with Gasteiger partial charge in [-0.3, -0.25) is 0 Å². The van der Waals surface area contributed by atoms with Crippen LogP contribution in [-0.4, -0.2) is 9.97 Å². The molecule has 0 radical (unpaired) electrons. The first kappa shape index (κ1) is 11.9. The lowest BCUT2D eigenvalue weighted by atomic mass is 10.3. The third kappa shape index (κ3) is 2.75. The standard InChI is InChI=1S/C10H7Cl2FN4/c11-6-1-5(13)2-7(12)10(6)17-9-3-8(14)15-4-16-9/h1-4H,(H3,14,15,16,17). The van der Waals surface area contributed by atoms with Crippen molar-refractivity contribution in [1.29, 1.82) is 0 Å². The van der Waals surface area contributed by atoms with Crippen LogP contribution in [0.2, 0.25) is 10.0 Å². The lowest BCUT2D eigenvalue weighted by Gasteiger charge is -2.09. The summed E-state index contributed by atoms with van der Waals surface area (Å²) in [4.78, 5) is 7.67. The second kappa shape index (κ2) is 4.73. The van der Waals surface area contributed by atoms with Gasteiger partial charge < -0.3 is 11.1 Å². The van der Waals surface area contributed by atoms with E-state index in [1.807, 2.05) is 0 Å². The molecule has 0 aliphatic carbocycles. The van der Waals surface area contributed by atoms with E-state index in [9.17, 15) is 4.39 Å². The van der Waals surface area contributed by atoms with Crippen molar-refractivity contribution in [2.75, 3.05) is 11.1 Å². The Balaban J connectivity index is 2.36. The topological polar surface area (TPSA) is 63.8 Å². The molecule has 3 N–H and O–H groups in total. The number of nitrogens with one attached hydrogen (secondary N) is 1. The molecule has 0 atom stereocenters. The van der Waals surface area contributed by atoms with E-state index in [0.717, 1.165) is 12.1 Å². The molecular formula is C10H7Cl2FN4. The minimum atomic E-state index is -0.507. The van der Waals surface area contributed by atoms with Crippen LogP contribution >= 0.6 is 23.2 Å². The normalized spacial score (nSPS) is 10.3. The van der Waals surface area contributed by atoms with Crippen LogP contribution < -0.4 is 11.1 Å². The summed E-state index contributed by atoms with van der Waals surface area (Å²) in [7, 11) is 0. The molecule has 0 saturated heterocycles. The SMILES string of the molecule is Nc1cc(Nc2c(Cl)cc(F)cc2Cl)ncn1. The van der Waals surface area contributed by atoms with Gasteiger partial charge in [-0.05, 0) is 12.1 Å². The Morgan fingerprint density at radius 2 is 1.76 bits per heavy atom. The maximum absolute atomic E-state index is 13.0. The monoisotopic (exact) mass is 272 g/mol. The van der Waals surface area contributed by atoms with E-state index in [2.05, 4.69) is 15.3 Å². The zero-order chi connectivity index (χ0) is 12.4. The molecule has 0 amide bonds. The first-order chi connectivity index (χ1) is 8.06. The van der Waals surface area contributed by atoms with E-state index in [-0.39, 0.29) is 10.0 Å². The van der Waals surface area contributed by atoms with Gasteiger partial charge in [-0.15, -0.1) is 0 Å². The molecule has 88 valence electrons. The Morgan fingerprint density at radius 3 is 2.35 bits per heavy atom. The van der Waals surface area contributed by atoms with Gasteiger partial charge in [0, 0.05) is 6.07 Å². The highest BCUT2D eigenvalue weighted by molar-refractivity contribution is 6.39. The maximum atomic E-state index is 13.0. The van der Waals surface area contributed by atoms with Gasteiger partial charge in [-0.2, -0.15) is 0 Å². The summed E-state index contributed by atoms with van der Waals surface area (Å²) in [5, 5.41) is 3.17. The summed E-state index contributed by atoms with van der Waals surface area (Å²) in [6.07, 6.45) is 1.29. The minimum Gasteiger partial charge on any atom is -0.384 e. The molecule has 7 heteroatoms. The second-order valence-corrected chi connectivity index (χ2v) is 4.01. The Bertz CT molecular complexity index is 539. The lowest BCUT2D eigenvalue weighted by Crippen LogP contribution is -1.98. The fourth-order valence-electron chi connectivity index (χ4n) is 1.23. The predicted octanol–water partition coefficient (Wildman–Crippen LogP) is 3.25. The van der Waals surface area contributed by atoms with Crippen molar-refractivity contribution in [2.24, 2.45) is 0 Å². The first-order valence-electron chi connectivity index (χ1n) is 4.55. The van der Waals surface area contributed by atoms with Crippen LogP contribution in [0, 0.1) is 5.82 Å². The van der Waals surface area contributed by atoms with Crippen molar-refractivity contribution in [3.8, 4) is 0 Å². The summed E-state index contributed by atoms with van der Waals surface area (Å²) < 4.78 is 13.0. The number of nitrogens with zero attached hydrogens (tertiary/aromatic N) is 2. The highest BCUT2D eigenvalue weighted by Crippen LogP contribution is 2.33. The maximum Gasteiger partial charge on any atom is 0.135 e. The molecule has 0 spiro atoms. The number of halogens is 3. The van der Waals surface area contributed by atoms with E-state index >= 15 is 0 Å². The third-order valence-corrected chi connectivity index (χ3v) is 2.54. The average Bonchev–Trinajstić information content (AvgIpc) is 2.23. The van der Waals surface area contributed by atoms with Crippen molar-refractivity contribution in [1.82, 2.24) is 9.97 Å². The smallest absolute Gasteiger partial charge is 0.135 e. The highest BCUT2D eigenvalue weighted by Gasteiger charge is 2.09. The van der Waals surface area contributed by atoms with Gasteiger partial charge in [0.1, 0.15) is 23.8 Å². The molecule has 2 rings (SSSR count). The molecule has 0 saturated carbocycles. The highest BCUT2D eigenvalue weighted by atomic mass is 35.5. The van der Waals surface area contributed by atoms with Crippen LogP contribution in [0.3, 0.4) is 0 Å². The summed E-state index contributed by atoms with van der Waals surface area (Å²) in [5.41, 5.74) is 5.86. The van der Waals surface area contributed by atoms with Crippen molar-refractivity contribution in [3.05, 3.63) is 40.4 Å². The summed E-state index contributed by atoms with van der Waals surface area (Å²) >= 11 is 11.7. The Labute approximate surface area is 107 Å². The second-order valence-electron chi connectivity index (χ2n) is 3.20. The van der Waals surface area contributed by atoms with Gasteiger partial charge >= 0.3 is 0 Å². The number of rotatable bonds is 2. The van der Waals surface area contributed by atoms with Gasteiger partial charge in [-0.25, -0.2) is 14.4 Å². The molecule has 17 heavy (non-hydrogen) atoms. The number of hydrogen-bond acceptors (Lipinski definition) is 4. The zero-order valence-corrected chi connectivity index (χ0v) is 9.93. The Morgan fingerprint density at radius 1 is 1.12 bits per heavy atom. The van der Waals surface area contributed by atoms with Gasteiger partial charge in [0.05, 0.1) is 15.7 Å². The van der Waals surface area contributed by atoms with Crippen molar-refractivity contribution in [3.63, 3.8) is 0 Å². The number of anilines is 3. The quantitative estimate of drug-likeness (QED) is 0.881. The molecular weight excluding hydrogens is 266 g/mol. The molecule has 2 aromatic rings. The van der Waals surface area contributed by atoms with Gasteiger partial charge in [0.25, 0.3) is 0 Å². The minimum absolute atomic E-state index is 0.159. The van der Waals surface area contributed by atoms with Crippen LogP contribution in [0.15, 0.2) is 24.5 Å². The van der Waals surface area contributed by atoms with Crippen LogP contribution in [0.4, 0.5) is 21.7 Å². The van der Waals surface area contributed by atoms with Gasteiger partial charge in [-0.1, -0.05) is 23.2 Å². The van der Waals surface area contributed by atoms with Crippen molar-refractivity contribution < 1.29 is 4.39 Å². The third-order valence-electron chi connectivity index (χ3n) is 1.95. The largest absolute Gasteiger partial charge is 0.384 e. The Kier molecular flexibility index (Phi) is 3.31. The summed E-state index contributed by atoms with van der Waals surface area (Å²) in [6, 6.07) is 3.82. The number of nitrogens with two attached hydrogens (primary N) is 1. The fraction of sp³-hybridized carbons (Fsp3) is 0. The predicted molar refractivity (Wildman–Crippen MR) is 66.1 cm³/mol. The van der Waals surface area contributed by atoms with Crippen LogP contribution in [0.1, 0.15) is 0 Å². The molecule has 1 aromatic carbocycles. The molecule has 0 bridgehead atoms. The number of aromatic nitrogens is 2. The van der Waals surface area contributed by atoms with E-state index < -0.39 is 5.82 Å². The molecule has 4 nitrogen and oxygen atoms in total. The van der Waals surface area contributed by atoms with E-state index in [0.29, 0.717) is 17.3 Å². The average molecular weight is 273 g/mol. The van der Waals surface area contributed by atoms with Crippen LogP contribution in [0.5, 0.6) is 0 Å².